The fourth-order valence-corrected chi connectivity index (χ4v) is 1.69. The molecule has 0 amide bonds. The van der Waals surface area contributed by atoms with Crippen LogP contribution in [0, 0.1) is 0 Å². The van der Waals surface area contributed by atoms with Gasteiger partial charge in [0.2, 0.25) is 0 Å². The predicted octanol–water partition coefficient (Wildman–Crippen LogP) is 1.39. The molecular weight excluding hydrogens is 246 g/mol. The number of carbonyl (C=O) groups is 1. The lowest BCUT2D eigenvalue weighted by molar-refractivity contribution is 0.0600. The van der Waals surface area contributed by atoms with Gasteiger partial charge in [0.05, 0.1) is 19.2 Å². The summed E-state index contributed by atoms with van der Waals surface area (Å²) in [6, 6.07) is 9.41. The third kappa shape index (κ3) is 3.01. The topological polar surface area (TPSA) is 68.5 Å². The first-order valence-electron chi connectivity index (χ1n) is 5.67. The fraction of sp³-hybridized carbons (Fsp3) is 0.143. The number of ether oxygens (including phenoxy) is 1. The number of aromatic nitrogens is 1. The van der Waals surface area contributed by atoms with Crippen LogP contribution in [0.1, 0.15) is 15.9 Å². The molecule has 0 aliphatic carbocycles. The Hall–Kier alpha value is -2.56. The van der Waals surface area contributed by atoms with Gasteiger partial charge in [0.25, 0.3) is 5.56 Å². The number of hydrogen-bond donors (Lipinski definition) is 1. The van der Waals surface area contributed by atoms with Crippen molar-refractivity contribution in [2.75, 3.05) is 7.11 Å². The number of nitrogens with zero attached hydrogens (tertiary/aromatic N) is 1. The first-order chi connectivity index (χ1) is 9.10. The maximum atomic E-state index is 11.6. The van der Waals surface area contributed by atoms with Crippen molar-refractivity contribution in [2.45, 2.75) is 6.54 Å². The molecule has 0 saturated carbocycles. The molecule has 98 valence electrons. The highest BCUT2D eigenvalue weighted by molar-refractivity contribution is 5.89. The Bertz CT molecular complexity index is 643. The van der Waals surface area contributed by atoms with Crippen LogP contribution in [-0.2, 0) is 11.3 Å². The van der Waals surface area contributed by atoms with Crippen molar-refractivity contribution in [3.63, 3.8) is 0 Å². The Morgan fingerprint density at radius 2 is 1.95 bits per heavy atom. The van der Waals surface area contributed by atoms with Crippen LogP contribution < -0.4 is 5.56 Å². The van der Waals surface area contributed by atoms with Crippen molar-refractivity contribution in [1.29, 1.82) is 0 Å². The molecule has 19 heavy (non-hydrogen) atoms. The van der Waals surface area contributed by atoms with Gasteiger partial charge in [0, 0.05) is 12.3 Å². The van der Waals surface area contributed by atoms with E-state index in [4.69, 9.17) is 5.11 Å². The molecule has 5 nitrogen and oxygen atoms in total. The molecule has 0 aliphatic rings. The highest BCUT2D eigenvalue weighted by Gasteiger charge is 2.05. The highest BCUT2D eigenvalue weighted by Crippen LogP contribution is 2.08. The number of benzene rings is 1. The zero-order chi connectivity index (χ0) is 13.8. The van der Waals surface area contributed by atoms with E-state index in [2.05, 4.69) is 4.74 Å². The molecule has 0 spiro atoms. The van der Waals surface area contributed by atoms with Gasteiger partial charge in [-0.2, -0.15) is 0 Å². The molecule has 2 aromatic rings. The SMILES string of the molecule is COC(=O)c1ccc(Cn2ccc(O)cc2=O)cc1. The molecule has 0 unspecified atom stereocenters. The quantitative estimate of drug-likeness (QED) is 0.846. The van der Waals surface area contributed by atoms with Gasteiger partial charge in [-0.15, -0.1) is 0 Å². The lowest BCUT2D eigenvalue weighted by Crippen LogP contribution is -2.18. The van der Waals surface area contributed by atoms with Crippen molar-refractivity contribution < 1.29 is 14.6 Å². The molecular formula is C14H13NO4. The zero-order valence-corrected chi connectivity index (χ0v) is 10.4. The molecule has 0 fully saturated rings. The number of esters is 1. The summed E-state index contributed by atoms with van der Waals surface area (Å²) in [5.74, 6) is -0.448. The van der Waals surface area contributed by atoms with E-state index in [1.807, 2.05) is 0 Å². The van der Waals surface area contributed by atoms with Gasteiger partial charge in [0.1, 0.15) is 5.75 Å². The summed E-state index contributed by atoms with van der Waals surface area (Å²) in [6.07, 6.45) is 1.52. The van der Waals surface area contributed by atoms with Gasteiger partial charge >= 0.3 is 5.97 Å². The Morgan fingerprint density at radius 1 is 1.26 bits per heavy atom. The average molecular weight is 259 g/mol. The van der Waals surface area contributed by atoms with E-state index in [-0.39, 0.29) is 11.3 Å². The summed E-state index contributed by atoms with van der Waals surface area (Å²) in [5, 5.41) is 9.16. The lowest BCUT2D eigenvalue weighted by atomic mass is 10.1. The number of carbonyl (C=O) groups excluding carboxylic acids is 1. The third-order valence-electron chi connectivity index (χ3n) is 2.71. The van der Waals surface area contributed by atoms with Crippen molar-refractivity contribution in [3.8, 4) is 5.75 Å². The van der Waals surface area contributed by atoms with Crippen LogP contribution in [0.3, 0.4) is 0 Å². The lowest BCUT2D eigenvalue weighted by Gasteiger charge is -2.06. The Labute approximate surface area is 109 Å². The number of hydrogen-bond acceptors (Lipinski definition) is 4. The molecule has 0 bridgehead atoms. The first kappa shape index (κ1) is 12.9. The number of aromatic hydroxyl groups is 1. The summed E-state index contributed by atoms with van der Waals surface area (Å²) < 4.78 is 6.07. The maximum Gasteiger partial charge on any atom is 0.337 e. The molecule has 0 radical (unpaired) electrons. The molecule has 5 heteroatoms. The smallest absolute Gasteiger partial charge is 0.337 e. The minimum absolute atomic E-state index is 0.0534. The van der Waals surface area contributed by atoms with E-state index >= 15 is 0 Å². The minimum atomic E-state index is -0.395. The summed E-state index contributed by atoms with van der Waals surface area (Å²) in [7, 11) is 1.33. The summed E-state index contributed by atoms with van der Waals surface area (Å²) in [6.45, 7) is 0.376. The second kappa shape index (κ2) is 5.39. The van der Waals surface area contributed by atoms with E-state index < -0.39 is 5.97 Å². The van der Waals surface area contributed by atoms with E-state index in [1.165, 1.54) is 23.9 Å². The van der Waals surface area contributed by atoms with Crippen LogP contribution in [0.4, 0.5) is 0 Å². The molecule has 2 rings (SSSR count). The summed E-state index contributed by atoms with van der Waals surface area (Å²) in [5.41, 5.74) is 1.06. The van der Waals surface area contributed by atoms with Gasteiger partial charge in [-0.3, -0.25) is 4.79 Å². The third-order valence-corrected chi connectivity index (χ3v) is 2.71. The van der Waals surface area contributed by atoms with Crippen molar-refractivity contribution in [2.24, 2.45) is 0 Å². The van der Waals surface area contributed by atoms with Crippen LogP contribution in [0.5, 0.6) is 5.75 Å². The van der Waals surface area contributed by atoms with Crippen LogP contribution in [0.15, 0.2) is 47.4 Å². The Balaban J connectivity index is 2.20. The van der Waals surface area contributed by atoms with E-state index in [0.717, 1.165) is 11.6 Å². The summed E-state index contributed by atoms with van der Waals surface area (Å²) >= 11 is 0. The largest absolute Gasteiger partial charge is 0.508 e. The molecule has 1 aromatic heterocycles. The van der Waals surface area contributed by atoms with Gasteiger partial charge in [-0.25, -0.2) is 4.79 Å². The van der Waals surface area contributed by atoms with Crippen LogP contribution in [-0.4, -0.2) is 22.8 Å². The first-order valence-corrected chi connectivity index (χ1v) is 5.67. The Kier molecular flexibility index (Phi) is 3.66. The number of methoxy groups -OCH3 is 1. The minimum Gasteiger partial charge on any atom is -0.508 e. The zero-order valence-electron chi connectivity index (χ0n) is 10.4. The van der Waals surface area contributed by atoms with E-state index in [1.54, 1.807) is 24.3 Å². The van der Waals surface area contributed by atoms with Crippen molar-refractivity contribution in [1.82, 2.24) is 4.57 Å². The monoisotopic (exact) mass is 259 g/mol. The van der Waals surface area contributed by atoms with Gasteiger partial charge in [-0.05, 0) is 23.8 Å². The van der Waals surface area contributed by atoms with Gasteiger partial charge in [-0.1, -0.05) is 12.1 Å². The molecule has 1 heterocycles. The predicted molar refractivity (Wildman–Crippen MR) is 69.3 cm³/mol. The second-order valence-electron chi connectivity index (χ2n) is 4.04. The van der Waals surface area contributed by atoms with E-state index in [9.17, 15) is 9.59 Å². The molecule has 0 saturated heterocycles. The summed E-state index contributed by atoms with van der Waals surface area (Å²) in [4.78, 5) is 22.9. The second-order valence-corrected chi connectivity index (χ2v) is 4.04. The van der Waals surface area contributed by atoms with Crippen LogP contribution >= 0.6 is 0 Å². The number of pyridine rings is 1. The maximum absolute atomic E-state index is 11.6. The van der Waals surface area contributed by atoms with Crippen LogP contribution in [0.2, 0.25) is 0 Å². The standard InChI is InChI=1S/C14H13NO4/c1-19-14(18)11-4-2-10(3-5-11)9-15-7-6-12(16)8-13(15)17/h2-8,16H,9H2,1H3. The van der Waals surface area contributed by atoms with Crippen molar-refractivity contribution in [3.05, 3.63) is 64.1 Å². The molecule has 1 aromatic carbocycles. The molecule has 0 atom stereocenters. The van der Waals surface area contributed by atoms with Crippen LogP contribution in [0.25, 0.3) is 0 Å². The Morgan fingerprint density at radius 3 is 2.53 bits per heavy atom. The molecule has 0 aliphatic heterocycles. The van der Waals surface area contributed by atoms with Crippen molar-refractivity contribution >= 4 is 5.97 Å². The average Bonchev–Trinajstić information content (AvgIpc) is 2.42. The van der Waals surface area contributed by atoms with Gasteiger partial charge in [0.15, 0.2) is 0 Å². The highest BCUT2D eigenvalue weighted by atomic mass is 16.5. The van der Waals surface area contributed by atoms with Gasteiger partial charge < -0.3 is 14.4 Å². The normalized spacial score (nSPS) is 10.2. The fourth-order valence-electron chi connectivity index (χ4n) is 1.69. The van der Waals surface area contributed by atoms with E-state index in [0.29, 0.717) is 12.1 Å². The number of rotatable bonds is 3. The molecule has 1 N–H and O–H groups in total.